The van der Waals surface area contributed by atoms with Crippen LogP contribution in [0.25, 0.3) is 0 Å². The van der Waals surface area contributed by atoms with Gasteiger partial charge in [0, 0.05) is 7.11 Å². The summed E-state index contributed by atoms with van der Waals surface area (Å²) in [6, 6.07) is 0. The van der Waals surface area contributed by atoms with Crippen LogP contribution < -0.4 is 11.1 Å². The van der Waals surface area contributed by atoms with Crippen LogP contribution >= 0.6 is 0 Å². The quantitative estimate of drug-likeness (QED) is 0.682. The van der Waals surface area contributed by atoms with Gasteiger partial charge in [-0.25, -0.2) is 0 Å². The summed E-state index contributed by atoms with van der Waals surface area (Å²) >= 11 is 0. The van der Waals surface area contributed by atoms with Gasteiger partial charge in [-0.05, 0) is 13.8 Å². The zero-order chi connectivity index (χ0) is 12.2. The van der Waals surface area contributed by atoms with Gasteiger partial charge in [-0.2, -0.15) is 4.98 Å². The molecule has 0 aromatic carbocycles. The number of hydrogen-bond acceptors (Lipinski definition) is 6. The van der Waals surface area contributed by atoms with Crippen molar-refractivity contribution in [2.24, 2.45) is 5.73 Å². The summed E-state index contributed by atoms with van der Waals surface area (Å²) in [4.78, 5) is 14.6. The number of nitrogens with zero attached hydrogens (tertiary/aromatic N) is 2. The molecule has 3 N–H and O–H groups in total. The van der Waals surface area contributed by atoms with E-state index in [-0.39, 0.29) is 6.54 Å². The van der Waals surface area contributed by atoms with Crippen LogP contribution in [0.2, 0.25) is 0 Å². The van der Waals surface area contributed by atoms with Gasteiger partial charge in [0.25, 0.3) is 0 Å². The third kappa shape index (κ3) is 3.28. The maximum Gasteiger partial charge on any atom is 0.240 e. The average molecular weight is 228 g/mol. The molecule has 0 atom stereocenters. The molecular weight excluding hydrogens is 212 g/mol. The van der Waals surface area contributed by atoms with Gasteiger partial charge in [0.05, 0.1) is 13.1 Å². The first-order chi connectivity index (χ1) is 7.45. The lowest BCUT2D eigenvalue weighted by Gasteiger charge is -2.17. The first-order valence-electron chi connectivity index (χ1n) is 4.83. The van der Waals surface area contributed by atoms with Crippen molar-refractivity contribution in [2.75, 3.05) is 13.7 Å². The Hall–Kier alpha value is -1.47. The van der Waals surface area contributed by atoms with E-state index < -0.39 is 11.5 Å². The van der Waals surface area contributed by atoms with Gasteiger partial charge in [-0.1, -0.05) is 5.16 Å². The molecule has 0 saturated heterocycles. The second kappa shape index (κ2) is 5.04. The summed E-state index contributed by atoms with van der Waals surface area (Å²) in [6.07, 6.45) is 0. The summed E-state index contributed by atoms with van der Waals surface area (Å²) in [7, 11) is 1.57. The number of primary amides is 1. The van der Waals surface area contributed by atoms with E-state index in [1.165, 1.54) is 0 Å². The minimum absolute atomic E-state index is 0.0748. The second-order valence-corrected chi connectivity index (χ2v) is 3.80. The van der Waals surface area contributed by atoms with Crippen LogP contribution in [-0.4, -0.2) is 29.7 Å². The number of carbonyl (C=O) groups excluding carboxylic acids is 1. The average Bonchev–Trinajstić information content (AvgIpc) is 2.66. The molecule has 0 radical (unpaired) electrons. The van der Waals surface area contributed by atoms with E-state index >= 15 is 0 Å². The molecule has 0 fully saturated rings. The minimum Gasteiger partial charge on any atom is -0.371 e. The Bertz CT molecular complexity index is 361. The molecule has 0 unspecified atom stereocenters. The summed E-state index contributed by atoms with van der Waals surface area (Å²) in [5.74, 6) is 0.421. The van der Waals surface area contributed by atoms with Crippen molar-refractivity contribution in [3.05, 3.63) is 11.7 Å². The Balaban J connectivity index is 2.55. The Morgan fingerprint density at radius 2 is 2.31 bits per heavy atom. The molecule has 7 heteroatoms. The Morgan fingerprint density at radius 1 is 1.62 bits per heavy atom. The summed E-state index contributed by atoms with van der Waals surface area (Å²) in [5.41, 5.74) is 4.37. The van der Waals surface area contributed by atoms with Crippen molar-refractivity contribution in [1.29, 1.82) is 0 Å². The number of rotatable bonds is 6. The maximum atomic E-state index is 10.5. The first-order valence-corrected chi connectivity index (χ1v) is 4.83. The van der Waals surface area contributed by atoms with E-state index in [2.05, 4.69) is 15.5 Å². The van der Waals surface area contributed by atoms with Crippen molar-refractivity contribution in [1.82, 2.24) is 15.5 Å². The van der Waals surface area contributed by atoms with Crippen LogP contribution in [0.4, 0.5) is 0 Å². The van der Waals surface area contributed by atoms with Crippen molar-refractivity contribution >= 4 is 5.91 Å². The first kappa shape index (κ1) is 12.6. The standard InChI is InChI=1S/C9H16N4O3/c1-9(2,15-3)8-12-7(16-13-8)5-11-4-6(10)14/h11H,4-5H2,1-3H3,(H2,10,14). The number of carbonyl (C=O) groups is 1. The van der Waals surface area contributed by atoms with Gasteiger partial charge in [0.15, 0.2) is 0 Å². The number of methoxy groups -OCH3 is 1. The van der Waals surface area contributed by atoms with Gasteiger partial charge >= 0.3 is 0 Å². The lowest BCUT2D eigenvalue weighted by atomic mass is 10.1. The fraction of sp³-hybridized carbons (Fsp3) is 0.667. The fourth-order valence-corrected chi connectivity index (χ4v) is 0.955. The molecule has 1 rings (SSSR count). The molecule has 7 nitrogen and oxygen atoms in total. The third-order valence-corrected chi connectivity index (χ3v) is 2.09. The van der Waals surface area contributed by atoms with E-state index in [1.807, 2.05) is 13.8 Å². The van der Waals surface area contributed by atoms with Crippen LogP contribution in [0.5, 0.6) is 0 Å². The van der Waals surface area contributed by atoms with Gasteiger partial charge in [0.1, 0.15) is 5.60 Å². The SMILES string of the molecule is COC(C)(C)c1noc(CNCC(N)=O)n1. The summed E-state index contributed by atoms with van der Waals surface area (Å²) in [6.45, 7) is 4.04. The second-order valence-electron chi connectivity index (χ2n) is 3.80. The monoisotopic (exact) mass is 228 g/mol. The number of amides is 1. The highest BCUT2D eigenvalue weighted by Gasteiger charge is 2.25. The molecule has 0 aliphatic carbocycles. The normalized spacial score (nSPS) is 11.7. The van der Waals surface area contributed by atoms with Crippen molar-refractivity contribution in [3.63, 3.8) is 0 Å². The molecule has 1 aromatic heterocycles. The number of ether oxygens (including phenoxy) is 1. The predicted molar refractivity (Wildman–Crippen MR) is 55.2 cm³/mol. The van der Waals surface area contributed by atoms with Crippen LogP contribution in [-0.2, 0) is 21.7 Å². The van der Waals surface area contributed by atoms with Crippen LogP contribution in [0.15, 0.2) is 4.52 Å². The molecular formula is C9H16N4O3. The zero-order valence-electron chi connectivity index (χ0n) is 9.61. The topological polar surface area (TPSA) is 103 Å². The highest BCUT2D eigenvalue weighted by Crippen LogP contribution is 2.20. The molecule has 1 amide bonds. The highest BCUT2D eigenvalue weighted by atomic mass is 16.5. The lowest BCUT2D eigenvalue weighted by Crippen LogP contribution is -2.28. The van der Waals surface area contributed by atoms with Crippen LogP contribution in [0.3, 0.4) is 0 Å². The molecule has 1 aromatic rings. The Kier molecular flexibility index (Phi) is 3.97. The molecule has 0 saturated carbocycles. The smallest absolute Gasteiger partial charge is 0.240 e. The predicted octanol–water partition coefficient (Wildman–Crippen LogP) is -0.474. The Labute approximate surface area is 93.3 Å². The fourth-order valence-electron chi connectivity index (χ4n) is 0.955. The van der Waals surface area contributed by atoms with E-state index in [0.717, 1.165) is 0 Å². The summed E-state index contributed by atoms with van der Waals surface area (Å²) in [5, 5.41) is 6.56. The zero-order valence-corrected chi connectivity index (χ0v) is 9.61. The van der Waals surface area contributed by atoms with Gasteiger partial charge in [-0.15, -0.1) is 0 Å². The van der Waals surface area contributed by atoms with E-state index in [9.17, 15) is 4.79 Å². The van der Waals surface area contributed by atoms with Crippen molar-refractivity contribution in [2.45, 2.75) is 26.0 Å². The van der Waals surface area contributed by atoms with Crippen LogP contribution in [0, 0.1) is 0 Å². The molecule has 16 heavy (non-hydrogen) atoms. The number of aromatic nitrogens is 2. The van der Waals surface area contributed by atoms with E-state index in [0.29, 0.717) is 18.3 Å². The molecule has 0 spiro atoms. The van der Waals surface area contributed by atoms with Crippen molar-refractivity contribution in [3.8, 4) is 0 Å². The molecule has 1 heterocycles. The third-order valence-electron chi connectivity index (χ3n) is 2.09. The van der Waals surface area contributed by atoms with E-state index in [1.54, 1.807) is 7.11 Å². The minimum atomic E-state index is -0.592. The molecule has 0 bridgehead atoms. The van der Waals surface area contributed by atoms with Gasteiger partial charge < -0.3 is 15.0 Å². The maximum absolute atomic E-state index is 10.5. The van der Waals surface area contributed by atoms with E-state index in [4.69, 9.17) is 15.0 Å². The highest BCUT2D eigenvalue weighted by molar-refractivity contribution is 5.75. The van der Waals surface area contributed by atoms with Gasteiger partial charge in [-0.3, -0.25) is 10.1 Å². The molecule has 0 aliphatic heterocycles. The molecule has 0 aliphatic rings. The number of hydrogen-bond donors (Lipinski definition) is 2. The molecule has 90 valence electrons. The van der Waals surface area contributed by atoms with Crippen molar-refractivity contribution < 1.29 is 14.1 Å². The van der Waals surface area contributed by atoms with Crippen LogP contribution in [0.1, 0.15) is 25.6 Å². The Morgan fingerprint density at radius 3 is 2.88 bits per heavy atom. The number of nitrogens with one attached hydrogen (secondary N) is 1. The number of nitrogens with two attached hydrogens (primary N) is 1. The summed E-state index contributed by atoms with van der Waals surface area (Å²) < 4.78 is 10.2. The lowest BCUT2D eigenvalue weighted by molar-refractivity contribution is -0.117. The van der Waals surface area contributed by atoms with Gasteiger partial charge in [0.2, 0.25) is 17.6 Å². The largest absolute Gasteiger partial charge is 0.371 e.